The molecule has 0 bridgehead atoms. The van der Waals surface area contributed by atoms with E-state index in [4.69, 9.17) is 17.3 Å². The first-order chi connectivity index (χ1) is 8.45. The predicted molar refractivity (Wildman–Crippen MR) is 80.5 cm³/mol. The standard InChI is InChI=1S/C13H19ClN2OS/c1-8-6-9(2)12(10(14)7-8)16-13(17)11(15)4-5-18-3/h6-7,11H,4-5,15H2,1-3H3,(H,16,17)/t11-/m0/s1. The molecule has 1 amide bonds. The quantitative estimate of drug-likeness (QED) is 0.875. The first kappa shape index (κ1) is 15.3. The van der Waals surface area contributed by atoms with E-state index < -0.39 is 6.04 Å². The maximum Gasteiger partial charge on any atom is 0.241 e. The summed E-state index contributed by atoms with van der Waals surface area (Å²) < 4.78 is 0. The summed E-state index contributed by atoms with van der Waals surface area (Å²) >= 11 is 7.80. The molecule has 0 spiro atoms. The number of carbonyl (C=O) groups excluding carboxylic acids is 1. The number of thioether (sulfide) groups is 1. The van der Waals surface area contributed by atoms with Gasteiger partial charge in [0.25, 0.3) is 0 Å². The molecule has 0 saturated heterocycles. The number of aryl methyl sites for hydroxylation is 2. The molecule has 0 aromatic heterocycles. The lowest BCUT2D eigenvalue weighted by molar-refractivity contribution is -0.117. The molecule has 1 rings (SSSR count). The Hall–Kier alpha value is -0.710. The molecule has 0 saturated carbocycles. The normalized spacial score (nSPS) is 12.3. The van der Waals surface area contributed by atoms with Crippen molar-refractivity contribution in [2.45, 2.75) is 26.3 Å². The van der Waals surface area contributed by atoms with Crippen LogP contribution in [0.25, 0.3) is 0 Å². The van der Waals surface area contributed by atoms with Crippen LogP contribution in [0.4, 0.5) is 5.69 Å². The summed E-state index contributed by atoms with van der Waals surface area (Å²) in [6, 6.07) is 3.32. The third kappa shape index (κ3) is 4.19. The summed E-state index contributed by atoms with van der Waals surface area (Å²) in [6.07, 6.45) is 2.65. The van der Waals surface area contributed by atoms with E-state index in [0.29, 0.717) is 17.1 Å². The Bertz CT molecular complexity index is 414. The monoisotopic (exact) mass is 286 g/mol. The van der Waals surface area contributed by atoms with Gasteiger partial charge in [-0.2, -0.15) is 11.8 Å². The van der Waals surface area contributed by atoms with Gasteiger partial charge in [0.15, 0.2) is 0 Å². The SMILES string of the molecule is CSCC[C@H](N)C(=O)Nc1c(C)cc(C)cc1Cl. The van der Waals surface area contributed by atoms with Gasteiger partial charge in [-0.05, 0) is 49.5 Å². The molecule has 100 valence electrons. The third-order valence-electron chi connectivity index (χ3n) is 2.65. The summed E-state index contributed by atoms with van der Waals surface area (Å²) in [4.78, 5) is 11.9. The molecular formula is C13H19ClN2OS. The van der Waals surface area contributed by atoms with Gasteiger partial charge in [-0.25, -0.2) is 0 Å². The topological polar surface area (TPSA) is 55.1 Å². The molecule has 0 heterocycles. The molecule has 18 heavy (non-hydrogen) atoms. The van der Waals surface area contributed by atoms with Gasteiger partial charge in [-0.3, -0.25) is 4.79 Å². The van der Waals surface area contributed by atoms with Crippen molar-refractivity contribution in [2.24, 2.45) is 5.73 Å². The summed E-state index contributed by atoms with van der Waals surface area (Å²) in [5, 5.41) is 3.36. The first-order valence-electron chi connectivity index (χ1n) is 5.77. The minimum absolute atomic E-state index is 0.182. The molecular weight excluding hydrogens is 268 g/mol. The number of amides is 1. The Balaban J connectivity index is 2.76. The average Bonchev–Trinajstić information content (AvgIpc) is 2.30. The van der Waals surface area contributed by atoms with Gasteiger partial charge in [-0.1, -0.05) is 17.7 Å². The lowest BCUT2D eigenvalue weighted by Crippen LogP contribution is -2.36. The van der Waals surface area contributed by atoms with Crippen LogP contribution in [0.3, 0.4) is 0 Å². The van der Waals surface area contributed by atoms with E-state index in [-0.39, 0.29) is 5.91 Å². The Morgan fingerprint density at radius 3 is 2.72 bits per heavy atom. The molecule has 0 aliphatic carbocycles. The first-order valence-corrected chi connectivity index (χ1v) is 7.55. The van der Waals surface area contributed by atoms with E-state index >= 15 is 0 Å². The zero-order chi connectivity index (χ0) is 13.7. The van der Waals surface area contributed by atoms with Crippen LogP contribution in [0, 0.1) is 13.8 Å². The minimum Gasteiger partial charge on any atom is -0.323 e. The lowest BCUT2D eigenvalue weighted by atomic mass is 10.1. The number of nitrogens with two attached hydrogens (primary N) is 1. The third-order valence-corrected chi connectivity index (χ3v) is 3.59. The number of hydrogen-bond donors (Lipinski definition) is 2. The van der Waals surface area contributed by atoms with E-state index in [1.54, 1.807) is 11.8 Å². The average molecular weight is 287 g/mol. The second-order valence-corrected chi connectivity index (χ2v) is 5.71. The van der Waals surface area contributed by atoms with Crippen molar-refractivity contribution in [3.63, 3.8) is 0 Å². The van der Waals surface area contributed by atoms with Crippen molar-refractivity contribution in [3.05, 3.63) is 28.3 Å². The van der Waals surface area contributed by atoms with Crippen LogP contribution in [0.1, 0.15) is 17.5 Å². The molecule has 0 aliphatic rings. The van der Waals surface area contributed by atoms with Crippen molar-refractivity contribution in [1.29, 1.82) is 0 Å². The van der Waals surface area contributed by atoms with E-state index in [9.17, 15) is 4.79 Å². The van der Waals surface area contributed by atoms with Crippen LogP contribution in [0.15, 0.2) is 12.1 Å². The van der Waals surface area contributed by atoms with Crippen molar-refractivity contribution in [3.8, 4) is 0 Å². The molecule has 3 nitrogen and oxygen atoms in total. The van der Waals surface area contributed by atoms with E-state index in [0.717, 1.165) is 16.9 Å². The minimum atomic E-state index is -0.491. The van der Waals surface area contributed by atoms with E-state index in [2.05, 4.69) is 5.32 Å². The summed E-state index contributed by atoms with van der Waals surface area (Å²) in [5.74, 6) is 0.688. The number of hydrogen-bond acceptors (Lipinski definition) is 3. The highest BCUT2D eigenvalue weighted by Crippen LogP contribution is 2.27. The smallest absolute Gasteiger partial charge is 0.241 e. The summed E-state index contributed by atoms with van der Waals surface area (Å²) in [5.41, 5.74) is 8.49. The van der Waals surface area contributed by atoms with Gasteiger partial charge in [0.05, 0.1) is 16.8 Å². The van der Waals surface area contributed by atoms with Crippen molar-refractivity contribution in [2.75, 3.05) is 17.3 Å². The van der Waals surface area contributed by atoms with Gasteiger partial charge >= 0.3 is 0 Å². The highest BCUT2D eigenvalue weighted by molar-refractivity contribution is 7.98. The Morgan fingerprint density at radius 1 is 1.50 bits per heavy atom. The summed E-state index contributed by atoms with van der Waals surface area (Å²) in [6.45, 7) is 3.89. The predicted octanol–water partition coefficient (Wildman–Crippen LogP) is 2.98. The van der Waals surface area contributed by atoms with Gasteiger partial charge in [0.2, 0.25) is 5.91 Å². The van der Waals surface area contributed by atoms with Crippen LogP contribution < -0.4 is 11.1 Å². The number of anilines is 1. The highest BCUT2D eigenvalue weighted by Gasteiger charge is 2.15. The number of benzene rings is 1. The number of nitrogens with one attached hydrogen (secondary N) is 1. The molecule has 1 atom stereocenters. The van der Waals surface area contributed by atoms with E-state index in [1.165, 1.54) is 0 Å². The van der Waals surface area contributed by atoms with Gasteiger partial charge in [0.1, 0.15) is 0 Å². The number of halogens is 1. The van der Waals surface area contributed by atoms with Crippen LogP contribution >= 0.6 is 23.4 Å². The van der Waals surface area contributed by atoms with Gasteiger partial charge < -0.3 is 11.1 Å². The molecule has 0 aliphatic heterocycles. The summed E-state index contributed by atoms with van der Waals surface area (Å²) in [7, 11) is 0. The second kappa shape index (κ2) is 7.02. The molecule has 1 aromatic carbocycles. The fourth-order valence-electron chi connectivity index (χ4n) is 1.67. The van der Waals surface area contributed by atoms with Crippen molar-refractivity contribution < 1.29 is 4.79 Å². The zero-order valence-electron chi connectivity index (χ0n) is 10.9. The fourth-order valence-corrected chi connectivity index (χ4v) is 2.52. The molecule has 3 N–H and O–H groups in total. The molecule has 5 heteroatoms. The second-order valence-electron chi connectivity index (χ2n) is 4.32. The lowest BCUT2D eigenvalue weighted by Gasteiger charge is -2.15. The van der Waals surface area contributed by atoms with Crippen LogP contribution in [0.5, 0.6) is 0 Å². The molecule has 0 unspecified atom stereocenters. The zero-order valence-corrected chi connectivity index (χ0v) is 12.5. The fraction of sp³-hybridized carbons (Fsp3) is 0.462. The van der Waals surface area contributed by atoms with Crippen molar-refractivity contribution >= 4 is 35.0 Å². The van der Waals surface area contributed by atoms with Gasteiger partial charge in [-0.15, -0.1) is 0 Å². The van der Waals surface area contributed by atoms with Crippen molar-refractivity contribution in [1.82, 2.24) is 0 Å². The molecule has 1 aromatic rings. The molecule has 0 radical (unpaired) electrons. The van der Waals surface area contributed by atoms with E-state index in [1.807, 2.05) is 32.2 Å². The Morgan fingerprint density at radius 2 is 2.17 bits per heavy atom. The Labute approximate surface area is 117 Å². The number of rotatable bonds is 5. The Kier molecular flexibility index (Phi) is 5.99. The largest absolute Gasteiger partial charge is 0.323 e. The molecule has 0 fully saturated rings. The number of carbonyl (C=O) groups is 1. The van der Waals surface area contributed by atoms with Crippen LogP contribution in [-0.4, -0.2) is 24.0 Å². The van der Waals surface area contributed by atoms with Crippen LogP contribution in [0.2, 0.25) is 5.02 Å². The maximum atomic E-state index is 11.9. The van der Waals surface area contributed by atoms with Crippen LogP contribution in [-0.2, 0) is 4.79 Å². The van der Waals surface area contributed by atoms with Gasteiger partial charge in [0, 0.05) is 0 Å². The maximum absolute atomic E-state index is 11.9. The highest BCUT2D eigenvalue weighted by atomic mass is 35.5.